The second-order valence-corrected chi connectivity index (χ2v) is 10.9. The second kappa shape index (κ2) is 11.8. The number of rotatable bonds is 8. The van der Waals surface area contributed by atoms with Gasteiger partial charge in [-0.1, -0.05) is 0 Å². The molecule has 4 amide bonds. The molecular formula is C26H38N4O7. The number of hydrogen-bond acceptors (Lipinski definition) is 7. The van der Waals surface area contributed by atoms with Crippen LogP contribution in [-0.4, -0.2) is 83.8 Å². The molecular weight excluding hydrogens is 480 g/mol. The topological polar surface area (TPSA) is 138 Å². The van der Waals surface area contributed by atoms with Gasteiger partial charge in [-0.05, 0) is 64.0 Å². The minimum atomic E-state index is -0.792. The highest BCUT2D eigenvalue weighted by Gasteiger charge is 2.44. The van der Waals surface area contributed by atoms with Crippen molar-refractivity contribution < 1.29 is 33.1 Å². The summed E-state index contributed by atoms with van der Waals surface area (Å²) in [4.78, 5) is 65.2. The monoisotopic (exact) mass is 518 g/mol. The van der Waals surface area contributed by atoms with Crippen LogP contribution in [0.4, 0.5) is 0 Å². The van der Waals surface area contributed by atoms with Gasteiger partial charge in [0, 0.05) is 39.5 Å². The van der Waals surface area contributed by atoms with E-state index < -0.39 is 23.5 Å². The number of hydrogen-bond donors (Lipinski definition) is 2. The van der Waals surface area contributed by atoms with Gasteiger partial charge in [0.25, 0.3) is 5.91 Å². The SMILES string of the molecule is CC(=O)NC(CCC(=O)OC(C)(C)C)C(=O)N1CCC2(CCN(C(=O)CNC(=O)c3ccco3)CC2)C1. The number of esters is 1. The molecule has 1 spiro atoms. The minimum absolute atomic E-state index is 0.0282. The van der Waals surface area contributed by atoms with E-state index in [1.807, 2.05) is 0 Å². The fourth-order valence-corrected chi connectivity index (χ4v) is 4.90. The van der Waals surface area contributed by atoms with E-state index in [0.717, 1.165) is 19.3 Å². The number of furan rings is 1. The maximum atomic E-state index is 13.3. The van der Waals surface area contributed by atoms with Crippen LogP contribution in [0.5, 0.6) is 0 Å². The van der Waals surface area contributed by atoms with E-state index in [1.165, 1.54) is 19.3 Å². The number of piperidine rings is 1. The average Bonchev–Trinajstić information content (AvgIpc) is 3.50. The van der Waals surface area contributed by atoms with Crippen LogP contribution in [0, 0.1) is 5.41 Å². The molecule has 37 heavy (non-hydrogen) atoms. The summed E-state index contributed by atoms with van der Waals surface area (Å²) in [6.45, 7) is 8.79. The van der Waals surface area contributed by atoms with Crippen LogP contribution in [0.3, 0.4) is 0 Å². The Labute approximate surface area is 217 Å². The summed E-state index contributed by atoms with van der Waals surface area (Å²) in [7, 11) is 0. The summed E-state index contributed by atoms with van der Waals surface area (Å²) in [6.07, 6.45) is 3.91. The Hall–Kier alpha value is -3.37. The molecule has 11 nitrogen and oxygen atoms in total. The zero-order chi connectivity index (χ0) is 27.2. The maximum absolute atomic E-state index is 13.3. The molecule has 0 aliphatic carbocycles. The molecule has 2 fully saturated rings. The van der Waals surface area contributed by atoms with Crippen LogP contribution >= 0.6 is 0 Å². The Morgan fingerprint density at radius 2 is 1.73 bits per heavy atom. The first-order chi connectivity index (χ1) is 17.4. The third-order valence-corrected chi connectivity index (χ3v) is 6.80. The Bertz CT molecular complexity index is 991. The molecule has 204 valence electrons. The van der Waals surface area contributed by atoms with Gasteiger partial charge in [0.1, 0.15) is 11.6 Å². The average molecular weight is 519 g/mol. The molecule has 1 atom stereocenters. The number of ether oxygens (including phenoxy) is 1. The number of amides is 4. The Kier molecular flexibility index (Phi) is 8.98. The number of carbonyl (C=O) groups excluding carboxylic acids is 5. The minimum Gasteiger partial charge on any atom is -0.460 e. The molecule has 2 aliphatic rings. The van der Waals surface area contributed by atoms with E-state index in [2.05, 4.69) is 10.6 Å². The zero-order valence-electron chi connectivity index (χ0n) is 22.1. The molecule has 1 unspecified atom stereocenters. The maximum Gasteiger partial charge on any atom is 0.306 e. The molecule has 2 saturated heterocycles. The van der Waals surface area contributed by atoms with E-state index in [4.69, 9.17) is 9.15 Å². The third-order valence-electron chi connectivity index (χ3n) is 6.80. The molecule has 2 aliphatic heterocycles. The van der Waals surface area contributed by atoms with Crippen molar-refractivity contribution >= 4 is 29.6 Å². The summed E-state index contributed by atoms with van der Waals surface area (Å²) >= 11 is 0. The lowest BCUT2D eigenvalue weighted by molar-refractivity contribution is -0.155. The van der Waals surface area contributed by atoms with Gasteiger partial charge in [-0.2, -0.15) is 0 Å². The van der Waals surface area contributed by atoms with Crippen molar-refractivity contribution in [3.63, 3.8) is 0 Å². The molecule has 3 heterocycles. The van der Waals surface area contributed by atoms with E-state index in [-0.39, 0.29) is 48.3 Å². The molecule has 1 aromatic heterocycles. The van der Waals surface area contributed by atoms with Gasteiger partial charge in [-0.15, -0.1) is 0 Å². The van der Waals surface area contributed by atoms with Crippen molar-refractivity contribution in [3.8, 4) is 0 Å². The van der Waals surface area contributed by atoms with E-state index in [0.29, 0.717) is 26.2 Å². The second-order valence-electron chi connectivity index (χ2n) is 10.9. The van der Waals surface area contributed by atoms with Gasteiger partial charge in [-0.3, -0.25) is 24.0 Å². The van der Waals surface area contributed by atoms with Crippen molar-refractivity contribution in [3.05, 3.63) is 24.2 Å². The highest BCUT2D eigenvalue weighted by Crippen LogP contribution is 2.40. The van der Waals surface area contributed by atoms with Gasteiger partial charge in [0.2, 0.25) is 17.7 Å². The van der Waals surface area contributed by atoms with Gasteiger partial charge in [-0.25, -0.2) is 0 Å². The van der Waals surface area contributed by atoms with Gasteiger partial charge >= 0.3 is 5.97 Å². The van der Waals surface area contributed by atoms with Crippen LogP contribution in [0.1, 0.15) is 70.4 Å². The number of nitrogens with one attached hydrogen (secondary N) is 2. The van der Waals surface area contributed by atoms with E-state index in [1.54, 1.807) is 36.6 Å². The van der Waals surface area contributed by atoms with Crippen molar-refractivity contribution in [2.45, 2.75) is 71.4 Å². The van der Waals surface area contributed by atoms with E-state index in [9.17, 15) is 24.0 Å². The lowest BCUT2D eigenvalue weighted by atomic mass is 9.77. The highest BCUT2D eigenvalue weighted by molar-refractivity contribution is 5.94. The lowest BCUT2D eigenvalue weighted by Crippen LogP contribution is -2.50. The number of likely N-dealkylation sites (tertiary alicyclic amines) is 2. The number of carbonyl (C=O) groups is 5. The fraction of sp³-hybridized carbons (Fsp3) is 0.654. The Morgan fingerprint density at radius 1 is 1.08 bits per heavy atom. The standard InChI is InChI=1S/C26H38N4O7/c1-18(31)28-19(7-8-22(33)37-25(2,3)4)24(35)30-14-11-26(17-30)9-12-29(13-10-26)21(32)16-27-23(34)20-6-5-15-36-20/h5-6,15,19H,7-14,16-17H2,1-4H3,(H,27,34)(H,28,31). The van der Waals surface area contributed by atoms with Crippen molar-refractivity contribution in [2.24, 2.45) is 5.41 Å². The normalized spacial score (nSPS) is 17.8. The van der Waals surface area contributed by atoms with Gasteiger partial charge < -0.3 is 29.6 Å². The van der Waals surface area contributed by atoms with Crippen LogP contribution in [0.25, 0.3) is 0 Å². The first-order valence-electron chi connectivity index (χ1n) is 12.7. The van der Waals surface area contributed by atoms with Gasteiger partial charge in [0.15, 0.2) is 5.76 Å². The molecule has 0 radical (unpaired) electrons. The predicted molar refractivity (Wildman–Crippen MR) is 133 cm³/mol. The van der Waals surface area contributed by atoms with Crippen molar-refractivity contribution in [2.75, 3.05) is 32.7 Å². The summed E-state index contributed by atoms with van der Waals surface area (Å²) in [5.41, 5.74) is -0.705. The van der Waals surface area contributed by atoms with Crippen LogP contribution < -0.4 is 10.6 Å². The first-order valence-corrected chi connectivity index (χ1v) is 12.7. The predicted octanol–water partition coefficient (Wildman–Crippen LogP) is 1.48. The Balaban J connectivity index is 1.49. The smallest absolute Gasteiger partial charge is 0.306 e. The highest BCUT2D eigenvalue weighted by atomic mass is 16.6. The summed E-state index contributed by atoms with van der Waals surface area (Å²) < 4.78 is 10.4. The van der Waals surface area contributed by atoms with Crippen molar-refractivity contribution in [1.82, 2.24) is 20.4 Å². The summed E-state index contributed by atoms with van der Waals surface area (Å²) in [5.74, 6) is -1.38. The van der Waals surface area contributed by atoms with Crippen LogP contribution in [0.2, 0.25) is 0 Å². The molecule has 0 saturated carbocycles. The van der Waals surface area contributed by atoms with Crippen LogP contribution in [-0.2, 0) is 23.9 Å². The third kappa shape index (κ3) is 8.06. The molecule has 2 N–H and O–H groups in total. The van der Waals surface area contributed by atoms with Crippen molar-refractivity contribution in [1.29, 1.82) is 0 Å². The zero-order valence-corrected chi connectivity index (χ0v) is 22.1. The number of nitrogens with zero attached hydrogens (tertiary/aromatic N) is 2. The fourth-order valence-electron chi connectivity index (χ4n) is 4.90. The molecule has 3 rings (SSSR count). The van der Waals surface area contributed by atoms with E-state index >= 15 is 0 Å². The molecule has 0 bridgehead atoms. The lowest BCUT2D eigenvalue weighted by Gasteiger charge is -2.39. The molecule has 0 aromatic carbocycles. The Morgan fingerprint density at radius 3 is 2.30 bits per heavy atom. The quantitative estimate of drug-likeness (QED) is 0.497. The summed E-state index contributed by atoms with van der Waals surface area (Å²) in [6, 6.07) is 2.35. The molecule has 1 aromatic rings. The largest absolute Gasteiger partial charge is 0.460 e. The summed E-state index contributed by atoms with van der Waals surface area (Å²) in [5, 5.41) is 5.27. The first kappa shape index (κ1) is 28.2. The molecule has 11 heteroatoms. The van der Waals surface area contributed by atoms with Gasteiger partial charge in [0.05, 0.1) is 12.8 Å². The van der Waals surface area contributed by atoms with Crippen LogP contribution in [0.15, 0.2) is 22.8 Å².